The highest BCUT2D eigenvalue weighted by atomic mass is 79.9. The molecule has 0 saturated carbocycles. The van der Waals surface area contributed by atoms with Crippen LogP contribution in [0.15, 0.2) is 61.9 Å². The van der Waals surface area contributed by atoms with Crippen molar-refractivity contribution in [1.29, 1.82) is 0 Å². The van der Waals surface area contributed by atoms with E-state index >= 15 is 0 Å². The number of ether oxygens (including phenoxy) is 2. The van der Waals surface area contributed by atoms with Crippen LogP contribution in [0, 0.1) is 0 Å². The number of unbranched alkanes of at least 4 members (excludes halogenated alkanes) is 1. The fourth-order valence-electron chi connectivity index (χ4n) is 2.99. The molecule has 184 valence electrons. The standard InChI is InChI=1S/C24H22Br3N3O4S/c1-2-3-10-33-19-9-6-16(26)12-18(19)23(32)28-24(35)30-29-21(31)13-34-20-8-4-14-11-15(25)5-7-17(14)22(20)27/h4-9,11-12H,2-3,10,13H2,1H3,(H,29,31)(H2,28,30,32,35). The number of fused-ring (bicyclic) bond motifs is 1. The molecule has 0 radical (unpaired) electrons. The zero-order chi connectivity index (χ0) is 25.4. The third kappa shape index (κ3) is 7.89. The average Bonchev–Trinajstić information content (AvgIpc) is 2.83. The molecule has 0 aliphatic carbocycles. The van der Waals surface area contributed by atoms with E-state index in [1.165, 1.54) is 0 Å². The van der Waals surface area contributed by atoms with E-state index in [1.807, 2.05) is 24.3 Å². The maximum atomic E-state index is 12.7. The van der Waals surface area contributed by atoms with Gasteiger partial charge in [0, 0.05) is 8.95 Å². The zero-order valence-corrected chi connectivity index (χ0v) is 24.2. The lowest BCUT2D eigenvalue weighted by Gasteiger charge is -2.14. The van der Waals surface area contributed by atoms with Gasteiger partial charge in [-0.05, 0) is 81.7 Å². The normalized spacial score (nSPS) is 10.5. The second kappa shape index (κ2) is 13.2. The van der Waals surface area contributed by atoms with Crippen LogP contribution >= 0.6 is 60.0 Å². The summed E-state index contributed by atoms with van der Waals surface area (Å²) in [6.45, 7) is 2.30. The lowest BCUT2D eigenvalue weighted by molar-refractivity contribution is -0.123. The molecular formula is C24H22Br3N3O4S. The van der Waals surface area contributed by atoms with Gasteiger partial charge < -0.3 is 9.47 Å². The molecule has 0 spiro atoms. The van der Waals surface area contributed by atoms with Crippen molar-refractivity contribution in [2.24, 2.45) is 0 Å². The van der Waals surface area contributed by atoms with E-state index in [1.54, 1.807) is 24.3 Å². The van der Waals surface area contributed by atoms with E-state index in [4.69, 9.17) is 21.7 Å². The predicted molar refractivity (Wildman–Crippen MR) is 151 cm³/mol. The van der Waals surface area contributed by atoms with Crippen LogP contribution < -0.4 is 25.6 Å². The number of hydrogen-bond donors (Lipinski definition) is 3. The molecule has 3 N–H and O–H groups in total. The van der Waals surface area contributed by atoms with E-state index < -0.39 is 11.8 Å². The summed E-state index contributed by atoms with van der Waals surface area (Å²) in [5, 5.41) is 4.44. The topological polar surface area (TPSA) is 88.7 Å². The maximum absolute atomic E-state index is 12.7. The predicted octanol–water partition coefficient (Wildman–Crippen LogP) is 6.02. The van der Waals surface area contributed by atoms with Gasteiger partial charge in [-0.3, -0.25) is 25.8 Å². The summed E-state index contributed by atoms with van der Waals surface area (Å²) >= 11 is 15.5. The van der Waals surface area contributed by atoms with Crippen LogP contribution in [0.1, 0.15) is 30.1 Å². The lowest BCUT2D eigenvalue weighted by atomic mass is 10.1. The Bertz CT molecular complexity index is 1260. The minimum Gasteiger partial charge on any atom is -0.493 e. The Balaban J connectivity index is 1.51. The first-order chi connectivity index (χ1) is 16.8. The first-order valence-corrected chi connectivity index (χ1v) is 13.4. The van der Waals surface area contributed by atoms with E-state index in [0.29, 0.717) is 23.7 Å². The molecule has 3 aromatic carbocycles. The second-order valence-corrected chi connectivity index (χ2v) is 10.4. The third-order valence-corrected chi connectivity index (χ3v) is 6.73. The van der Waals surface area contributed by atoms with Crippen molar-refractivity contribution >= 4 is 87.7 Å². The molecule has 11 heteroatoms. The van der Waals surface area contributed by atoms with Crippen LogP contribution in [0.2, 0.25) is 0 Å². The fraction of sp³-hybridized carbons (Fsp3) is 0.208. The molecule has 7 nitrogen and oxygen atoms in total. The number of benzene rings is 3. The minimum atomic E-state index is -0.476. The molecule has 3 rings (SSSR count). The first kappa shape index (κ1) is 27.4. The highest BCUT2D eigenvalue weighted by Gasteiger charge is 2.15. The van der Waals surface area contributed by atoms with Crippen LogP contribution in [-0.4, -0.2) is 30.1 Å². The van der Waals surface area contributed by atoms with Gasteiger partial charge in [0.15, 0.2) is 11.7 Å². The summed E-state index contributed by atoms with van der Waals surface area (Å²) < 4.78 is 13.8. The third-order valence-electron chi connectivity index (χ3n) is 4.72. The smallest absolute Gasteiger partial charge is 0.276 e. The summed E-state index contributed by atoms with van der Waals surface area (Å²) in [4.78, 5) is 24.9. The number of rotatable bonds is 8. The highest BCUT2D eigenvalue weighted by molar-refractivity contribution is 9.11. The molecule has 2 amide bonds. The molecule has 0 fully saturated rings. The first-order valence-electron chi connectivity index (χ1n) is 10.6. The summed E-state index contributed by atoms with van der Waals surface area (Å²) in [5.74, 6) is 0.0341. The Morgan fingerprint density at radius 3 is 2.40 bits per heavy atom. The van der Waals surface area contributed by atoms with Gasteiger partial charge in [-0.1, -0.05) is 57.3 Å². The number of hydrazine groups is 1. The number of hydrogen-bond acceptors (Lipinski definition) is 5. The monoisotopic (exact) mass is 685 g/mol. The lowest BCUT2D eigenvalue weighted by Crippen LogP contribution is -2.49. The number of amides is 2. The number of carbonyl (C=O) groups is 2. The summed E-state index contributed by atoms with van der Waals surface area (Å²) in [6, 6.07) is 14.7. The quantitative estimate of drug-likeness (QED) is 0.153. The Morgan fingerprint density at radius 2 is 1.63 bits per heavy atom. The molecule has 0 bridgehead atoms. The Labute approximate surface area is 233 Å². The van der Waals surface area contributed by atoms with Crippen LogP contribution in [-0.2, 0) is 4.79 Å². The van der Waals surface area contributed by atoms with E-state index in [-0.39, 0.29) is 11.7 Å². The second-order valence-electron chi connectivity index (χ2n) is 7.33. The van der Waals surface area contributed by atoms with Gasteiger partial charge in [0.25, 0.3) is 11.8 Å². The van der Waals surface area contributed by atoms with E-state index in [0.717, 1.165) is 37.0 Å². The van der Waals surface area contributed by atoms with Crippen LogP contribution in [0.5, 0.6) is 11.5 Å². The van der Waals surface area contributed by atoms with Crippen LogP contribution in [0.3, 0.4) is 0 Å². The molecule has 0 aromatic heterocycles. The number of thiocarbonyl (C=S) groups is 1. The van der Waals surface area contributed by atoms with Crippen molar-refractivity contribution in [3.63, 3.8) is 0 Å². The molecule has 0 aliphatic rings. The minimum absolute atomic E-state index is 0.0692. The number of carbonyl (C=O) groups excluding carboxylic acids is 2. The summed E-state index contributed by atoms with van der Waals surface area (Å²) in [5.41, 5.74) is 5.24. The van der Waals surface area contributed by atoms with Crippen molar-refractivity contribution in [1.82, 2.24) is 16.2 Å². The Hall–Kier alpha value is -2.21. The van der Waals surface area contributed by atoms with Gasteiger partial charge in [-0.2, -0.15) is 0 Å². The van der Waals surface area contributed by atoms with Gasteiger partial charge in [0.1, 0.15) is 11.5 Å². The number of nitrogens with one attached hydrogen (secondary N) is 3. The maximum Gasteiger partial charge on any atom is 0.276 e. The van der Waals surface area contributed by atoms with Crippen molar-refractivity contribution in [2.45, 2.75) is 19.8 Å². The van der Waals surface area contributed by atoms with E-state index in [2.05, 4.69) is 70.9 Å². The van der Waals surface area contributed by atoms with Gasteiger partial charge in [-0.25, -0.2) is 0 Å². The van der Waals surface area contributed by atoms with Gasteiger partial charge >= 0.3 is 0 Å². The molecule has 3 aromatic rings. The van der Waals surface area contributed by atoms with Crippen molar-refractivity contribution < 1.29 is 19.1 Å². The van der Waals surface area contributed by atoms with Crippen LogP contribution in [0.4, 0.5) is 0 Å². The number of halogens is 3. The van der Waals surface area contributed by atoms with Gasteiger partial charge in [0.2, 0.25) is 0 Å². The highest BCUT2D eigenvalue weighted by Crippen LogP contribution is 2.34. The molecule has 0 unspecified atom stereocenters. The van der Waals surface area contributed by atoms with Crippen molar-refractivity contribution in [3.05, 3.63) is 67.5 Å². The summed E-state index contributed by atoms with van der Waals surface area (Å²) in [6.07, 6.45) is 1.85. The molecule has 0 aliphatic heterocycles. The summed E-state index contributed by atoms with van der Waals surface area (Å²) in [7, 11) is 0. The molecule has 0 heterocycles. The molecular weight excluding hydrogens is 666 g/mol. The Morgan fingerprint density at radius 1 is 0.914 bits per heavy atom. The van der Waals surface area contributed by atoms with E-state index in [9.17, 15) is 9.59 Å². The largest absolute Gasteiger partial charge is 0.493 e. The zero-order valence-electron chi connectivity index (χ0n) is 18.6. The average molecular weight is 688 g/mol. The van der Waals surface area contributed by atoms with Gasteiger partial charge in [-0.15, -0.1) is 0 Å². The fourth-order valence-corrected chi connectivity index (χ4v) is 4.49. The van der Waals surface area contributed by atoms with Crippen molar-refractivity contribution in [3.8, 4) is 11.5 Å². The molecule has 0 atom stereocenters. The van der Waals surface area contributed by atoms with Crippen LogP contribution in [0.25, 0.3) is 10.8 Å². The SMILES string of the molecule is CCCCOc1ccc(Br)cc1C(=O)NC(=S)NNC(=O)COc1ccc2cc(Br)ccc2c1Br. The van der Waals surface area contributed by atoms with Gasteiger partial charge in [0.05, 0.1) is 16.6 Å². The van der Waals surface area contributed by atoms with Crippen molar-refractivity contribution in [2.75, 3.05) is 13.2 Å². The Kier molecular flexibility index (Phi) is 10.3. The molecule has 35 heavy (non-hydrogen) atoms. The molecule has 0 saturated heterocycles.